The topological polar surface area (TPSA) is 32.3 Å². The molecule has 0 aromatic carbocycles. The summed E-state index contributed by atoms with van der Waals surface area (Å²) >= 11 is 1.77. The molecule has 0 aliphatic heterocycles. The van der Waals surface area contributed by atoms with Crippen LogP contribution >= 0.6 is 11.8 Å². The van der Waals surface area contributed by atoms with Crippen molar-refractivity contribution in [3.8, 4) is 0 Å². The number of carbonyl (C=O) groups is 1. The molecule has 0 bridgehead atoms. The molecule has 17 heavy (non-hydrogen) atoms. The molecular weight excluding hydrogens is 232 g/mol. The van der Waals surface area contributed by atoms with Crippen LogP contribution < -0.4 is 5.32 Å². The first-order valence-corrected chi connectivity index (χ1v) is 7.94. The van der Waals surface area contributed by atoms with Crippen LogP contribution in [-0.2, 0) is 0 Å². The lowest BCUT2D eigenvalue weighted by Crippen LogP contribution is -2.50. The van der Waals surface area contributed by atoms with E-state index >= 15 is 0 Å². The van der Waals surface area contributed by atoms with Crippen molar-refractivity contribution in [2.24, 2.45) is 5.92 Å². The van der Waals surface area contributed by atoms with Crippen molar-refractivity contribution in [2.75, 3.05) is 12.0 Å². The molecule has 1 aliphatic carbocycles. The summed E-state index contributed by atoms with van der Waals surface area (Å²) < 4.78 is 0. The summed E-state index contributed by atoms with van der Waals surface area (Å²) in [7, 11) is 0. The van der Waals surface area contributed by atoms with Gasteiger partial charge in [0.25, 0.3) is 0 Å². The van der Waals surface area contributed by atoms with Gasteiger partial charge in [-0.1, -0.05) is 13.8 Å². The summed E-state index contributed by atoms with van der Waals surface area (Å²) in [5.74, 6) is 1.48. The van der Waals surface area contributed by atoms with Crippen LogP contribution in [0, 0.1) is 5.92 Å². The highest BCUT2D eigenvalue weighted by Crippen LogP contribution is 2.30. The number of thioether (sulfide) groups is 1. The molecule has 1 N–H and O–H groups in total. The van der Waals surface area contributed by atoms with Crippen LogP contribution in [0.25, 0.3) is 0 Å². The summed E-state index contributed by atoms with van der Waals surface area (Å²) in [5, 5.41) is 3.10. The van der Waals surface area contributed by atoms with Gasteiger partial charge in [0.1, 0.15) is 0 Å². The first kappa shape index (κ1) is 14.7. The van der Waals surface area contributed by atoms with Gasteiger partial charge in [0.15, 0.2) is 0 Å². The molecule has 0 aromatic heterocycles. The highest BCUT2D eigenvalue weighted by Gasteiger charge is 2.36. The van der Waals surface area contributed by atoms with Gasteiger partial charge in [-0.15, -0.1) is 0 Å². The minimum atomic E-state index is 0.121. The highest BCUT2D eigenvalue weighted by atomic mass is 32.2. The molecule has 2 atom stereocenters. The molecule has 2 amide bonds. The molecular formula is C13H26N2OS. The van der Waals surface area contributed by atoms with E-state index < -0.39 is 0 Å². The Labute approximate surface area is 110 Å². The number of amides is 2. The zero-order chi connectivity index (χ0) is 13.0. The predicted molar refractivity (Wildman–Crippen MR) is 75.5 cm³/mol. The second kappa shape index (κ2) is 6.53. The molecule has 3 nitrogen and oxygen atoms in total. The van der Waals surface area contributed by atoms with Crippen molar-refractivity contribution in [3.63, 3.8) is 0 Å². The van der Waals surface area contributed by atoms with Gasteiger partial charge in [-0.3, -0.25) is 0 Å². The van der Waals surface area contributed by atoms with Crippen molar-refractivity contribution < 1.29 is 4.79 Å². The van der Waals surface area contributed by atoms with Crippen molar-refractivity contribution >= 4 is 17.8 Å². The van der Waals surface area contributed by atoms with Gasteiger partial charge in [-0.25, -0.2) is 4.79 Å². The molecule has 1 aliphatic rings. The van der Waals surface area contributed by atoms with E-state index in [9.17, 15) is 4.79 Å². The van der Waals surface area contributed by atoms with Crippen molar-refractivity contribution in [1.29, 1.82) is 0 Å². The molecule has 0 saturated heterocycles. The fourth-order valence-electron chi connectivity index (χ4n) is 1.93. The second-order valence-corrected chi connectivity index (χ2v) is 6.34. The van der Waals surface area contributed by atoms with Gasteiger partial charge in [0, 0.05) is 23.9 Å². The standard InChI is InChI=1S/C13H26N2OS/c1-9(2)11(4)15(12-6-7-12)13(16)14-10(3)8-17-5/h9-12H,6-8H2,1-5H3,(H,14,16)/t10-,11+/m1/s1. The van der Waals surface area contributed by atoms with Crippen LogP contribution in [0.5, 0.6) is 0 Å². The molecule has 0 aromatic rings. The Kier molecular flexibility index (Phi) is 5.63. The Bertz CT molecular complexity index is 254. The smallest absolute Gasteiger partial charge is 0.318 e. The third-order valence-electron chi connectivity index (χ3n) is 3.36. The van der Waals surface area contributed by atoms with Crippen LogP contribution in [0.2, 0.25) is 0 Å². The molecule has 100 valence electrons. The maximum Gasteiger partial charge on any atom is 0.318 e. The summed E-state index contributed by atoms with van der Waals surface area (Å²) in [6.45, 7) is 8.58. The fraction of sp³-hybridized carbons (Fsp3) is 0.923. The fourth-order valence-corrected chi connectivity index (χ4v) is 2.52. The van der Waals surface area contributed by atoms with E-state index in [1.165, 1.54) is 12.8 Å². The molecule has 1 saturated carbocycles. The van der Waals surface area contributed by atoms with Crippen LogP contribution in [0.1, 0.15) is 40.5 Å². The Morgan fingerprint density at radius 1 is 1.35 bits per heavy atom. The highest BCUT2D eigenvalue weighted by molar-refractivity contribution is 7.98. The van der Waals surface area contributed by atoms with E-state index in [1.807, 2.05) is 0 Å². The molecule has 0 heterocycles. The number of nitrogens with one attached hydrogen (secondary N) is 1. The third kappa shape index (κ3) is 4.41. The monoisotopic (exact) mass is 258 g/mol. The van der Waals surface area contributed by atoms with E-state index in [1.54, 1.807) is 11.8 Å². The summed E-state index contributed by atoms with van der Waals surface area (Å²) in [5.41, 5.74) is 0. The van der Waals surface area contributed by atoms with Crippen molar-refractivity contribution in [2.45, 2.75) is 58.7 Å². The Morgan fingerprint density at radius 2 is 1.94 bits per heavy atom. The zero-order valence-corrected chi connectivity index (χ0v) is 12.5. The number of nitrogens with zero attached hydrogens (tertiary/aromatic N) is 1. The SMILES string of the molecule is CSC[C@@H](C)NC(=O)N(C1CC1)[C@@H](C)C(C)C. The van der Waals surface area contributed by atoms with Gasteiger partial charge in [-0.2, -0.15) is 11.8 Å². The lowest BCUT2D eigenvalue weighted by Gasteiger charge is -2.33. The Morgan fingerprint density at radius 3 is 2.35 bits per heavy atom. The molecule has 4 heteroatoms. The molecule has 0 radical (unpaired) electrons. The van der Waals surface area contributed by atoms with Gasteiger partial charge >= 0.3 is 6.03 Å². The quantitative estimate of drug-likeness (QED) is 0.794. The first-order valence-electron chi connectivity index (χ1n) is 6.55. The van der Waals surface area contributed by atoms with Crippen LogP contribution in [0.4, 0.5) is 4.79 Å². The lowest BCUT2D eigenvalue weighted by molar-refractivity contribution is 0.155. The lowest BCUT2D eigenvalue weighted by atomic mass is 10.0. The predicted octanol–water partition coefficient (Wildman–Crippen LogP) is 2.96. The number of hydrogen-bond donors (Lipinski definition) is 1. The molecule has 1 fully saturated rings. The molecule has 1 rings (SSSR count). The average molecular weight is 258 g/mol. The number of carbonyl (C=O) groups excluding carboxylic acids is 1. The van der Waals surface area contributed by atoms with Gasteiger partial charge < -0.3 is 10.2 Å². The maximum absolute atomic E-state index is 12.3. The van der Waals surface area contributed by atoms with Gasteiger partial charge in [0.2, 0.25) is 0 Å². The van der Waals surface area contributed by atoms with Crippen LogP contribution in [0.3, 0.4) is 0 Å². The largest absolute Gasteiger partial charge is 0.335 e. The molecule has 0 spiro atoms. The number of hydrogen-bond acceptors (Lipinski definition) is 2. The van der Waals surface area contributed by atoms with E-state index in [0.29, 0.717) is 18.0 Å². The zero-order valence-electron chi connectivity index (χ0n) is 11.7. The first-order chi connectivity index (χ1) is 7.97. The number of urea groups is 1. The average Bonchev–Trinajstić information content (AvgIpc) is 3.02. The summed E-state index contributed by atoms with van der Waals surface area (Å²) in [6.07, 6.45) is 4.40. The van der Waals surface area contributed by atoms with Crippen LogP contribution in [0.15, 0.2) is 0 Å². The maximum atomic E-state index is 12.3. The van der Waals surface area contributed by atoms with E-state index in [0.717, 1.165) is 5.75 Å². The Hall–Kier alpha value is -0.380. The van der Waals surface area contributed by atoms with Crippen molar-refractivity contribution in [3.05, 3.63) is 0 Å². The van der Waals surface area contributed by atoms with Gasteiger partial charge in [-0.05, 0) is 38.9 Å². The van der Waals surface area contributed by atoms with E-state index in [4.69, 9.17) is 0 Å². The van der Waals surface area contributed by atoms with Crippen LogP contribution in [-0.4, -0.2) is 41.1 Å². The molecule has 0 unspecified atom stereocenters. The van der Waals surface area contributed by atoms with Gasteiger partial charge in [0.05, 0.1) is 0 Å². The number of rotatable bonds is 6. The minimum absolute atomic E-state index is 0.121. The van der Waals surface area contributed by atoms with E-state index in [-0.39, 0.29) is 12.1 Å². The Balaban J connectivity index is 2.55. The second-order valence-electron chi connectivity index (χ2n) is 5.43. The minimum Gasteiger partial charge on any atom is -0.335 e. The van der Waals surface area contributed by atoms with E-state index in [2.05, 4.69) is 44.2 Å². The third-order valence-corrected chi connectivity index (χ3v) is 4.20. The van der Waals surface area contributed by atoms with Crippen molar-refractivity contribution in [1.82, 2.24) is 10.2 Å². The normalized spacial score (nSPS) is 18.9. The summed E-state index contributed by atoms with van der Waals surface area (Å²) in [4.78, 5) is 14.3. The summed E-state index contributed by atoms with van der Waals surface area (Å²) in [6, 6.07) is 1.17.